The molecule has 0 saturated carbocycles. The molecule has 0 aliphatic heterocycles. The van der Waals surface area contributed by atoms with Gasteiger partial charge in [0.15, 0.2) is 0 Å². The fourth-order valence-electron chi connectivity index (χ4n) is 2.46. The average molecular weight is 480 g/mol. The molecule has 2 rings (SSSR count). The topological polar surface area (TPSA) is 110 Å². The van der Waals surface area contributed by atoms with Crippen LogP contribution in [0.4, 0.5) is 15.2 Å². The predicted molar refractivity (Wildman–Crippen MR) is 110 cm³/mol. The molecule has 0 aliphatic rings. The highest BCUT2D eigenvalue weighted by Crippen LogP contribution is 2.29. The van der Waals surface area contributed by atoms with Gasteiger partial charge in [-0.3, -0.25) is 4.72 Å². The van der Waals surface area contributed by atoms with Crippen molar-refractivity contribution in [3.8, 4) is 0 Å². The zero-order valence-electron chi connectivity index (χ0n) is 14.7. The fraction of sp³-hybridized carbons (Fsp3) is 0.500. The number of halogens is 2. The molecule has 27 heavy (non-hydrogen) atoms. The molecular formula is C16H23BrFN5O2S2. The van der Waals surface area contributed by atoms with Gasteiger partial charge in [0.25, 0.3) is 10.0 Å². The Hall–Kier alpha value is -1.30. The smallest absolute Gasteiger partial charge is 0.266 e. The standard InChI is InChI=1S/C16H23BrFN5O2S2/c17-12-9-15(27(24,25)23-16-21-11-22-26-16)13(18)10-14(12)20-8-6-4-2-1-3-5-7-19/h9-11,20H,1-8,19H2,(H,21,22,23). The minimum atomic E-state index is -4.08. The number of nitrogens with zero attached hydrogens (tertiary/aromatic N) is 2. The minimum absolute atomic E-state index is 0.0826. The molecule has 0 amide bonds. The van der Waals surface area contributed by atoms with Crippen LogP contribution in [0, 0.1) is 5.82 Å². The summed E-state index contributed by atoms with van der Waals surface area (Å²) in [5.41, 5.74) is 5.98. The second kappa shape index (κ2) is 10.9. The normalized spacial score (nSPS) is 11.5. The first kappa shape index (κ1) is 22.0. The van der Waals surface area contributed by atoms with Crippen molar-refractivity contribution >= 4 is 48.3 Å². The lowest BCUT2D eigenvalue weighted by Crippen LogP contribution is -2.15. The first-order chi connectivity index (χ1) is 12.9. The average Bonchev–Trinajstić information content (AvgIpc) is 3.11. The van der Waals surface area contributed by atoms with Crippen LogP contribution in [0.15, 0.2) is 27.8 Å². The Kier molecular flexibility index (Phi) is 8.87. The first-order valence-corrected chi connectivity index (χ1v) is 11.7. The highest BCUT2D eigenvalue weighted by Gasteiger charge is 2.22. The van der Waals surface area contributed by atoms with Crippen molar-refractivity contribution < 1.29 is 12.8 Å². The van der Waals surface area contributed by atoms with Gasteiger partial charge in [0, 0.05) is 22.5 Å². The number of unbranched alkanes of at least 4 members (excludes halogenated alkanes) is 5. The Bertz CT molecular complexity index is 818. The van der Waals surface area contributed by atoms with E-state index in [4.69, 9.17) is 5.73 Å². The van der Waals surface area contributed by atoms with E-state index in [1.807, 2.05) is 0 Å². The number of nitrogens with one attached hydrogen (secondary N) is 2. The molecule has 1 heterocycles. The molecule has 1 aromatic heterocycles. The Balaban J connectivity index is 1.90. The lowest BCUT2D eigenvalue weighted by molar-refractivity contribution is 0.570. The zero-order valence-corrected chi connectivity index (χ0v) is 18.0. The third kappa shape index (κ3) is 6.98. The summed E-state index contributed by atoms with van der Waals surface area (Å²) in [6.45, 7) is 1.42. The van der Waals surface area contributed by atoms with Gasteiger partial charge < -0.3 is 11.1 Å². The summed E-state index contributed by atoms with van der Waals surface area (Å²) in [6.07, 6.45) is 7.79. The third-order valence-corrected chi connectivity index (χ3v) is 6.56. The van der Waals surface area contributed by atoms with Crippen LogP contribution >= 0.6 is 27.5 Å². The summed E-state index contributed by atoms with van der Waals surface area (Å²) in [7, 11) is -4.08. The quantitative estimate of drug-likeness (QED) is 0.397. The lowest BCUT2D eigenvalue weighted by Gasteiger charge is -2.12. The van der Waals surface area contributed by atoms with Crippen LogP contribution in [0.25, 0.3) is 0 Å². The molecular weight excluding hydrogens is 457 g/mol. The number of nitrogens with two attached hydrogens (primary N) is 1. The van der Waals surface area contributed by atoms with Crippen molar-refractivity contribution in [3.05, 3.63) is 28.7 Å². The summed E-state index contributed by atoms with van der Waals surface area (Å²) in [4.78, 5) is 3.29. The van der Waals surface area contributed by atoms with E-state index in [0.29, 0.717) is 16.7 Å². The highest BCUT2D eigenvalue weighted by atomic mass is 79.9. The number of sulfonamides is 1. The molecule has 0 spiro atoms. The molecule has 0 unspecified atom stereocenters. The van der Waals surface area contributed by atoms with Gasteiger partial charge in [-0.1, -0.05) is 25.7 Å². The molecule has 0 atom stereocenters. The second-order valence-electron chi connectivity index (χ2n) is 5.95. The molecule has 150 valence electrons. The van der Waals surface area contributed by atoms with E-state index in [1.165, 1.54) is 24.9 Å². The molecule has 2 aromatic rings. The largest absolute Gasteiger partial charge is 0.384 e. The molecule has 0 saturated heterocycles. The maximum absolute atomic E-state index is 14.4. The van der Waals surface area contributed by atoms with Crippen molar-refractivity contribution in [1.29, 1.82) is 0 Å². The summed E-state index contributed by atoms with van der Waals surface area (Å²) in [5.74, 6) is -0.834. The molecule has 4 N–H and O–H groups in total. The minimum Gasteiger partial charge on any atom is -0.384 e. The van der Waals surface area contributed by atoms with E-state index < -0.39 is 20.7 Å². The Labute approximate surface area is 171 Å². The van der Waals surface area contributed by atoms with E-state index in [-0.39, 0.29) is 5.13 Å². The van der Waals surface area contributed by atoms with Crippen molar-refractivity contribution in [2.75, 3.05) is 23.1 Å². The molecule has 0 bridgehead atoms. The van der Waals surface area contributed by atoms with Crippen LogP contribution in [0.5, 0.6) is 0 Å². The van der Waals surface area contributed by atoms with Crippen molar-refractivity contribution in [1.82, 2.24) is 9.36 Å². The van der Waals surface area contributed by atoms with E-state index in [9.17, 15) is 12.8 Å². The number of aromatic nitrogens is 2. The van der Waals surface area contributed by atoms with E-state index in [1.54, 1.807) is 0 Å². The van der Waals surface area contributed by atoms with Crippen molar-refractivity contribution in [2.45, 2.75) is 43.4 Å². The number of anilines is 2. The summed E-state index contributed by atoms with van der Waals surface area (Å²) in [6, 6.07) is 2.42. The Morgan fingerprint density at radius 2 is 1.85 bits per heavy atom. The third-order valence-electron chi connectivity index (χ3n) is 3.84. The van der Waals surface area contributed by atoms with Gasteiger partial charge in [0.2, 0.25) is 5.13 Å². The van der Waals surface area contributed by atoms with Gasteiger partial charge in [0.05, 0.1) is 5.69 Å². The molecule has 0 radical (unpaired) electrons. The highest BCUT2D eigenvalue weighted by molar-refractivity contribution is 9.10. The monoisotopic (exact) mass is 479 g/mol. The number of hydrogen-bond donors (Lipinski definition) is 3. The van der Waals surface area contributed by atoms with Gasteiger partial charge in [0.1, 0.15) is 17.0 Å². The van der Waals surface area contributed by atoms with E-state index in [2.05, 4.69) is 35.3 Å². The van der Waals surface area contributed by atoms with E-state index >= 15 is 0 Å². The SMILES string of the molecule is NCCCCCCCCNc1cc(F)c(S(=O)(=O)Nc2ncns2)cc1Br. The first-order valence-electron chi connectivity index (χ1n) is 8.66. The predicted octanol–water partition coefficient (Wildman–Crippen LogP) is 3.95. The zero-order chi connectivity index (χ0) is 19.7. The molecule has 7 nitrogen and oxygen atoms in total. The van der Waals surface area contributed by atoms with Crippen molar-refractivity contribution in [3.63, 3.8) is 0 Å². The second-order valence-corrected chi connectivity index (χ2v) is 9.24. The van der Waals surface area contributed by atoms with Gasteiger partial charge in [-0.25, -0.2) is 17.8 Å². The summed E-state index contributed by atoms with van der Waals surface area (Å²) >= 11 is 4.18. The van der Waals surface area contributed by atoms with Crippen LogP contribution in [-0.4, -0.2) is 30.9 Å². The summed E-state index contributed by atoms with van der Waals surface area (Å²) in [5, 5.41) is 3.22. The van der Waals surface area contributed by atoms with Crippen LogP contribution in [-0.2, 0) is 10.0 Å². The lowest BCUT2D eigenvalue weighted by atomic mass is 10.1. The molecule has 11 heteroatoms. The van der Waals surface area contributed by atoms with Gasteiger partial charge in [-0.15, -0.1) is 0 Å². The fourth-order valence-corrected chi connectivity index (χ4v) is 4.84. The van der Waals surface area contributed by atoms with Gasteiger partial charge >= 0.3 is 0 Å². The molecule has 0 fully saturated rings. The van der Waals surface area contributed by atoms with E-state index in [0.717, 1.165) is 50.2 Å². The maximum Gasteiger partial charge on any atom is 0.266 e. The molecule has 1 aromatic carbocycles. The van der Waals surface area contributed by atoms with Crippen LogP contribution in [0.3, 0.4) is 0 Å². The van der Waals surface area contributed by atoms with Gasteiger partial charge in [-0.2, -0.15) is 4.37 Å². The summed E-state index contributed by atoms with van der Waals surface area (Å²) < 4.78 is 45.4. The van der Waals surface area contributed by atoms with Gasteiger partial charge in [-0.05, 0) is 47.4 Å². The molecule has 0 aliphatic carbocycles. The maximum atomic E-state index is 14.4. The number of hydrogen-bond acceptors (Lipinski definition) is 7. The van der Waals surface area contributed by atoms with Crippen LogP contribution < -0.4 is 15.8 Å². The Morgan fingerprint density at radius 1 is 1.15 bits per heavy atom. The van der Waals surface area contributed by atoms with Crippen LogP contribution in [0.2, 0.25) is 0 Å². The number of rotatable bonds is 12. The van der Waals surface area contributed by atoms with Crippen molar-refractivity contribution in [2.24, 2.45) is 5.73 Å². The van der Waals surface area contributed by atoms with Crippen LogP contribution in [0.1, 0.15) is 38.5 Å². The Morgan fingerprint density at radius 3 is 2.52 bits per heavy atom. The number of benzene rings is 1.